The Morgan fingerprint density at radius 2 is 2.06 bits per heavy atom. The van der Waals surface area contributed by atoms with Crippen LogP contribution >= 0.6 is 11.6 Å². The number of halogens is 1. The molecule has 0 saturated heterocycles. The topological polar surface area (TPSA) is 32.7 Å². The maximum absolute atomic E-state index is 8.76. The Morgan fingerprint density at radius 3 is 2.65 bits per heavy atom. The van der Waals surface area contributed by atoms with E-state index in [2.05, 4.69) is 4.90 Å². The molecule has 1 rings (SSSR count). The van der Waals surface area contributed by atoms with Crippen molar-refractivity contribution in [3.63, 3.8) is 0 Å². The van der Waals surface area contributed by atoms with Crippen LogP contribution in [0.5, 0.6) is 5.75 Å². The van der Waals surface area contributed by atoms with Gasteiger partial charge in [-0.25, -0.2) is 0 Å². The van der Waals surface area contributed by atoms with Crippen LogP contribution in [0.1, 0.15) is 18.4 Å². The molecule has 4 heteroatoms. The van der Waals surface area contributed by atoms with Crippen LogP contribution in [0.4, 0.5) is 5.69 Å². The molecule has 1 aromatic rings. The van der Waals surface area contributed by atoms with Crippen molar-refractivity contribution < 1.29 is 9.84 Å². The summed E-state index contributed by atoms with van der Waals surface area (Å²) in [7, 11) is 3.65. The lowest BCUT2D eigenvalue weighted by atomic mass is 10.1. The molecule has 0 fully saturated rings. The normalized spacial score (nSPS) is 10.4. The molecule has 3 nitrogen and oxygen atoms in total. The molecule has 0 saturated carbocycles. The van der Waals surface area contributed by atoms with E-state index in [0.717, 1.165) is 30.6 Å². The molecule has 0 bridgehead atoms. The van der Waals surface area contributed by atoms with Gasteiger partial charge in [-0.2, -0.15) is 0 Å². The number of unbranched alkanes of at least 4 members (excludes halogenated alkanes) is 1. The molecule has 1 N–H and O–H groups in total. The van der Waals surface area contributed by atoms with Gasteiger partial charge < -0.3 is 14.7 Å². The Hall–Kier alpha value is -0.930. The Labute approximate surface area is 108 Å². The van der Waals surface area contributed by atoms with Crippen molar-refractivity contribution in [1.29, 1.82) is 0 Å². The molecule has 0 spiro atoms. The summed E-state index contributed by atoms with van der Waals surface area (Å²) in [5.41, 5.74) is 2.24. The molecule has 0 aliphatic carbocycles. The summed E-state index contributed by atoms with van der Waals surface area (Å²) < 4.78 is 5.18. The Balaban J connectivity index is 2.79. The number of rotatable bonds is 6. The summed E-state index contributed by atoms with van der Waals surface area (Å²) in [5, 5.41) is 9.39. The molecule has 0 unspecified atom stereocenters. The average Bonchev–Trinajstić information content (AvgIpc) is 2.31. The highest BCUT2D eigenvalue weighted by atomic mass is 35.5. The molecular formula is C13H20ClNO2. The standard InChI is InChI=1S/C13H20ClNO2/c1-10-8-13(17-3)11(14)9-12(10)15(2)6-4-5-7-16/h8-9,16H,4-7H2,1-3H3. The molecule has 0 aliphatic rings. The second kappa shape index (κ2) is 6.72. The number of methoxy groups -OCH3 is 1. The van der Waals surface area contributed by atoms with E-state index in [0.29, 0.717) is 10.8 Å². The summed E-state index contributed by atoms with van der Waals surface area (Å²) in [5.74, 6) is 0.705. The number of ether oxygens (including phenoxy) is 1. The molecule has 17 heavy (non-hydrogen) atoms. The first-order chi connectivity index (χ1) is 8.10. The third kappa shape index (κ3) is 3.79. The molecular weight excluding hydrogens is 238 g/mol. The van der Waals surface area contributed by atoms with Crippen LogP contribution in [-0.2, 0) is 0 Å². The van der Waals surface area contributed by atoms with E-state index in [1.165, 1.54) is 0 Å². The lowest BCUT2D eigenvalue weighted by Gasteiger charge is -2.22. The van der Waals surface area contributed by atoms with E-state index in [9.17, 15) is 0 Å². The van der Waals surface area contributed by atoms with Crippen LogP contribution in [0.15, 0.2) is 12.1 Å². The van der Waals surface area contributed by atoms with Crippen LogP contribution in [0.2, 0.25) is 5.02 Å². The fraction of sp³-hybridized carbons (Fsp3) is 0.538. The zero-order valence-electron chi connectivity index (χ0n) is 10.7. The van der Waals surface area contributed by atoms with Gasteiger partial charge in [0.15, 0.2) is 0 Å². The van der Waals surface area contributed by atoms with Crippen molar-refractivity contribution in [2.75, 3.05) is 32.2 Å². The van der Waals surface area contributed by atoms with Crippen LogP contribution < -0.4 is 9.64 Å². The third-order valence-electron chi connectivity index (χ3n) is 2.78. The smallest absolute Gasteiger partial charge is 0.137 e. The van der Waals surface area contributed by atoms with Crippen LogP contribution in [-0.4, -0.2) is 32.4 Å². The lowest BCUT2D eigenvalue weighted by molar-refractivity contribution is 0.285. The van der Waals surface area contributed by atoms with E-state index in [4.69, 9.17) is 21.4 Å². The third-order valence-corrected chi connectivity index (χ3v) is 3.08. The van der Waals surface area contributed by atoms with E-state index in [1.54, 1.807) is 7.11 Å². The molecule has 0 amide bonds. The van der Waals surface area contributed by atoms with Gasteiger partial charge in [0.1, 0.15) is 5.75 Å². The first kappa shape index (κ1) is 14.1. The van der Waals surface area contributed by atoms with Crippen LogP contribution in [0, 0.1) is 6.92 Å². The Bertz CT molecular complexity index is 369. The number of aliphatic hydroxyl groups is 1. The number of hydrogen-bond donors (Lipinski definition) is 1. The molecule has 0 atom stereocenters. The summed E-state index contributed by atoms with van der Waals surface area (Å²) in [6, 6.07) is 3.87. The molecule has 0 radical (unpaired) electrons. The quantitative estimate of drug-likeness (QED) is 0.796. The Morgan fingerprint density at radius 1 is 1.35 bits per heavy atom. The fourth-order valence-corrected chi connectivity index (χ4v) is 2.03. The number of hydrogen-bond acceptors (Lipinski definition) is 3. The highest BCUT2D eigenvalue weighted by Crippen LogP contribution is 2.32. The Kier molecular flexibility index (Phi) is 5.59. The monoisotopic (exact) mass is 257 g/mol. The van der Waals surface area contributed by atoms with Gasteiger partial charge in [0.2, 0.25) is 0 Å². The summed E-state index contributed by atoms with van der Waals surface area (Å²) in [4.78, 5) is 2.15. The number of aryl methyl sites for hydroxylation is 1. The summed E-state index contributed by atoms with van der Waals surface area (Å²) in [6.07, 6.45) is 1.80. The van der Waals surface area contributed by atoms with Crippen molar-refractivity contribution in [2.45, 2.75) is 19.8 Å². The van der Waals surface area contributed by atoms with Gasteiger partial charge in [-0.3, -0.25) is 0 Å². The maximum atomic E-state index is 8.76. The van der Waals surface area contributed by atoms with Crippen molar-refractivity contribution >= 4 is 17.3 Å². The SMILES string of the molecule is COc1cc(C)c(N(C)CCCCO)cc1Cl. The van der Waals surface area contributed by atoms with E-state index in [1.807, 2.05) is 26.1 Å². The van der Waals surface area contributed by atoms with Crippen molar-refractivity contribution in [3.05, 3.63) is 22.7 Å². The van der Waals surface area contributed by atoms with Crippen LogP contribution in [0.3, 0.4) is 0 Å². The van der Waals surface area contributed by atoms with E-state index < -0.39 is 0 Å². The molecule has 0 aliphatic heterocycles. The number of aliphatic hydroxyl groups excluding tert-OH is 1. The molecule has 0 aromatic heterocycles. The van der Waals surface area contributed by atoms with Crippen molar-refractivity contribution in [3.8, 4) is 5.75 Å². The first-order valence-electron chi connectivity index (χ1n) is 5.76. The van der Waals surface area contributed by atoms with Crippen molar-refractivity contribution in [2.24, 2.45) is 0 Å². The fourth-order valence-electron chi connectivity index (χ4n) is 1.79. The zero-order chi connectivity index (χ0) is 12.8. The minimum absolute atomic E-state index is 0.246. The molecule has 0 heterocycles. The van der Waals surface area contributed by atoms with Gasteiger partial charge in [0, 0.05) is 25.9 Å². The van der Waals surface area contributed by atoms with Gasteiger partial charge in [0.05, 0.1) is 12.1 Å². The molecule has 96 valence electrons. The average molecular weight is 258 g/mol. The van der Waals surface area contributed by atoms with Gasteiger partial charge in [-0.05, 0) is 37.5 Å². The van der Waals surface area contributed by atoms with Crippen LogP contribution in [0.25, 0.3) is 0 Å². The maximum Gasteiger partial charge on any atom is 0.137 e. The highest BCUT2D eigenvalue weighted by Gasteiger charge is 2.09. The number of nitrogens with zero attached hydrogens (tertiary/aromatic N) is 1. The summed E-state index contributed by atoms with van der Waals surface area (Å²) >= 11 is 6.12. The minimum Gasteiger partial charge on any atom is -0.495 e. The minimum atomic E-state index is 0.246. The second-order valence-electron chi connectivity index (χ2n) is 4.13. The highest BCUT2D eigenvalue weighted by molar-refractivity contribution is 6.32. The van der Waals surface area contributed by atoms with Gasteiger partial charge in [-0.15, -0.1) is 0 Å². The predicted molar refractivity (Wildman–Crippen MR) is 72.3 cm³/mol. The zero-order valence-corrected chi connectivity index (χ0v) is 11.4. The van der Waals surface area contributed by atoms with E-state index >= 15 is 0 Å². The second-order valence-corrected chi connectivity index (χ2v) is 4.53. The predicted octanol–water partition coefficient (Wildman–Crippen LogP) is 2.87. The molecule has 1 aromatic carbocycles. The first-order valence-corrected chi connectivity index (χ1v) is 6.14. The van der Waals surface area contributed by atoms with Gasteiger partial charge >= 0.3 is 0 Å². The number of benzene rings is 1. The van der Waals surface area contributed by atoms with Gasteiger partial charge in [0.25, 0.3) is 0 Å². The number of anilines is 1. The van der Waals surface area contributed by atoms with E-state index in [-0.39, 0.29) is 6.61 Å². The summed E-state index contributed by atoms with van der Waals surface area (Å²) in [6.45, 7) is 3.19. The van der Waals surface area contributed by atoms with Crippen molar-refractivity contribution in [1.82, 2.24) is 0 Å². The lowest BCUT2D eigenvalue weighted by Crippen LogP contribution is -2.19. The largest absolute Gasteiger partial charge is 0.495 e. The van der Waals surface area contributed by atoms with Gasteiger partial charge in [-0.1, -0.05) is 11.6 Å².